The van der Waals surface area contributed by atoms with Crippen LogP contribution in [0.4, 0.5) is 0 Å². The summed E-state index contributed by atoms with van der Waals surface area (Å²) in [5, 5.41) is 8.13. The molecule has 6 nitrogen and oxygen atoms in total. The Labute approximate surface area is 222 Å². The Bertz CT molecular complexity index is 1510. The van der Waals surface area contributed by atoms with Crippen molar-refractivity contribution in [1.82, 2.24) is 20.4 Å². The molecule has 3 atom stereocenters. The molecule has 4 aromatic carbocycles. The summed E-state index contributed by atoms with van der Waals surface area (Å²) in [6.07, 6.45) is 0.724. The molecule has 0 bridgehead atoms. The maximum atomic E-state index is 14.8. The molecule has 0 radical (unpaired) electrons. The first-order chi connectivity index (χ1) is 18.6. The molecule has 6 rings (SSSR count). The zero-order chi connectivity index (χ0) is 26.0. The topological polar surface area (TPSA) is 86.9 Å². The molecule has 5 aromatic rings. The Hall–Kier alpha value is -3.99. The summed E-state index contributed by atoms with van der Waals surface area (Å²) >= 11 is 0. The molecule has 1 saturated carbocycles. The third-order valence-electron chi connectivity index (χ3n) is 7.19. The molecule has 0 saturated heterocycles. The number of carbonyl (C=O) groups excluding carboxylic acids is 1. The van der Waals surface area contributed by atoms with Crippen molar-refractivity contribution < 1.29 is 9.36 Å². The Morgan fingerprint density at radius 3 is 2.05 bits per heavy atom. The number of fused-ring (bicyclic) bond motifs is 1. The van der Waals surface area contributed by atoms with E-state index in [-0.39, 0.29) is 23.8 Å². The highest BCUT2D eigenvalue weighted by atomic mass is 31.2. The van der Waals surface area contributed by atoms with Gasteiger partial charge in [0.2, 0.25) is 13.2 Å². The van der Waals surface area contributed by atoms with E-state index in [9.17, 15) is 9.36 Å². The zero-order valence-electron chi connectivity index (χ0n) is 20.8. The van der Waals surface area contributed by atoms with Crippen molar-refractivity contribution in [3.05, 3.63) is 127 Å². The van der Waals surface area contributed by atoms with Crippen molar-refractivity contribution in [3.63, 3.8) is 0 Å². The molecule has 1 fully saturated rings. The molecular weight excluding hydrogens is 491 g/mol. The van der Waals surface area contributed by atoms with Gasteiger partial charge < -0.3 is 10.3 Å². The lowest BCUT2D eigenvalue weighted by atomic mass is 10.0. The number of carbonyl (C=O) groups is 1. The van der Waals surface area contributed by atoms with Gasteiger partial charge in [0.1, 0.15) is 5.82 Å². The van der Waals surface area contributed by atoms with E-state index in [4.69, 9.17) is 0 Å². The number of nitrogens with zero attached hydrogens (tertiary/aromatic N) is 1. The summed E-state index contributed by atoms with van der Waals surface area (Å²) in [6.45, 7) is 0.340. The smallest absolute Gasteiger partial charge is 0.223 e. The average Bonchev–Trinajstić information content (AvgIpc) is 3.66. The van der Waals surface area contributed by atoms with Gasteiger partial charge in [0.15, 0.2) is 0 Å². The van der Waals surface area contributed by atoms with E-state index in [2.05, 4.69) is 20.4 Å². The molecule has 1 aliphatic carbocycles. The van der Waals surface area contributed by atoms with Gasteiger partial charge in [-0.05, 0) is 54.3 Å². The van der Waals surface area contributed by atoms with E-state index < -0.39 is 7.29 Å². The molecule has 0 spiro atoms. The largest absolute Gasteiger partial charge is 0.349 e. The van der Waals surface area contributed by atoms with E-state index in [1.165, 1.54) is 0 Å². The van der Waals surface area contributed by atoms with Gasteiger partial charge in [-0.25, -0.2) is 4.98 Å². The Kier molecular flexibility index (Phi) is 6.67. The number of imidazole rings is 1. The summed E-state index contributed by atoms with van der Waals surface area (Å²) in [4.78, 5) is 21.0. The predicted octanol–water partition coefficient (Wildman–Crippen LogP) is 5.08. The van der Waals surface area contributed by atoms with Crippen molar-refractivity contribution in [2.45, 2.75) is 19.0 Å². The Morgan fingerprint density at radius 1 is 0.842 bits per heavy atom. The minimum atomic E-state index is -3.19. The second kappa shape index (κ2) is 10.4. The Morgan fingerprint density at radius 2 is 1.42 bits per heavy atom. The fourth-order valence-electron chi connectivity index (χ4n) is 5.12. The number of aromatic amines is 1. The maximum Gasteiger partial charge on any atom is 0.223 e. The number of benzene rings is 4. The number of para-hydroxylation sites is 2. The summed E-state index contributed by atoms with van der Waals surface area (Å²) in [7, 11) is -3.19. The number of nitrogens with one attached hydrogen (secondary N) is 3. The van der Waals surface area contributed by atoms with Crippen molar-refractivity contribution in [1.29, 1.82) is 0 Å². The van der Waals surface area contributed by atoms with Crippen LogP contribution in [0.5, 0.6) is 0 Å². The molecule has 1 amide bonds. The second-order valence-electron chi connectivity index (χ2n) is 9.72. The molecule has 1 aromatic heterocycles. The van der Waals surface area contributed by atoms with Crippen LogP contribution in [0.1, 0.15) is 23.9 Å². The average molecular weight is 521 g/mol. The second-order valence-corrected chi connectivity index (χ2v) is 12.2. The number of hydrogen-bond donors (Lipinski definition) is 3. The zero-order valence-corrected chi connectivity index (χ0v) is 21.7. The van der Waals surface area contributed by atoms with Crippen LogP contribution in [0, 0.1) is 11.8 Å². The van der Waals surface area contributed by atoms with Crippen LogP contribution < -0.4 is 21.0 Å². The molecule has 38 heavy (non-hydrogen) atoms. The molecule has 0 aliphatic heterocycles. The monoisotopic (exact) mass is 520 g/mol. The highest BCUT2D eigenvalue weighted by Crippen LogP contribution is 2.52. The SMILES string of the molecule is O=C(NCc1nc2ccccc2[nH]1)[C@H]1C[C@H]1[C@H](NP(=O)(c1ccccc1)c1ccccc1)c1ccccc1. The van der Waals surface area contributed by atoms with Gasteiger partial charge in [-0.3, -0.25) is 14.4 Å². The first-order valence-electron chi connectivity index (χ1n) is 12.9. The van der Waals surface area contributed by atoms with Gasteiger partial charge >= 0.3 is 0 Å². The summed E-state index contributed by atoms with van der Waals surface area (Å²) in [5.41, 5.74) is 2.86. The third-order valence-corrected chi connectivity index (χ3v) is 9.88. The molecule has 1 heterocycles. The van der Waals surface area contributed by atoms with E-state index in [0.29, 0.717) is 6.54 Å². The van der Waals surface area contributed by atoms with Gasteiger partial charge in [0.05, 0.1) is 17.6 Å². The number of aromatic nitrogens is 2. The fourth-order valence-corrected chi connectivity index (χ4v) is 7.64. The summed E-state index contributed by atoms with van der Waals surface area (Å²) < 4.78 is 14.8. The first kappa shape index (κ1) is 24.4. The minimum Gasteiger partial charge on any atom is -0.349 e. The lowest BCUT2D eigenvalue weighted by Gasteiger charge is -2.28. The quantitative estimate of drug-likeness (QED) is 0.237. The lowest BCUT2D eigenvalue weighted by Crippen LogP contribution is -2.33. The molecular formula is C31H29N4O2P. The summed E-state index contributed by atoms with van der Waals surface area (Å²) in [6, 6.07) is 36.7. The van der Waals surface area contributed by atoms with Crippen molar-refractivity contribution in [2.75, 3.05) is 0 Å². The van der Waals surface area contributed by atoms with Crippen LogP contribution in [-0.4, -0.2) is 15.9 Å². The molecule has 3 N–H and O–H groups in total. The van der Waals surface area contributed by atoms with Gasteiger partial charge in [0, 0.05) is 22.6 Å². The predicted molar refractivity (Wildman–Crippen MR) is 152 cm³/mol. The summed E-state index contributed by atoms with van der Waals surface area (Å²) in [5.74, 6) is 0.575. The van der Waals surface area contributed by atoms with E-state index in [0.717, 1.165) is 39.5 Å². The van der Waals surface area contributed by atoms with E-state index in [1.807, 2.05) is 115 Å². The molecule has 7 heteroatoms. The minimum absolute atomic E-state index is 0.00700. The molecule has 190 valence electrons. The van der Waals surface area contributed by atoms with Crippen molar-refractivity contribution >= 4 is 34.8 Å². The third kappa shape index (κ3) is 4.93. The first-order valence-corrected chi connectivity index (χ1v) is 14.6. The van der Waals surface area contributed by atoms with E-state index in [1.54, 1.807) is 0 Å². The van der Waals surface area contributed by atoms with Crippen LogP contribution in [0.2, 0.25) is 0 Å². The van der Waals surface area contributed by atoms with Crippen LogP contribution in [0.25, 0.3) is 11.0 Å². The van der Waals surface area contributed by atoms with Gasteiger partial charge in [-0.15, -0.1) is 0 Å². The van der Waals surface area contributed by atoms with Crippen LogP contribution in [0.3, 0.4) is 0 Å². The highest BCUT2D eigenvalue weighted by Gasteiger charge is 2.50. The van der Waals surface area contributed by atoms with Crippen molar-refractivity contribution in [2.24, 2.45) is 11.8 Å². The van der Waals surface area contributed by atoms with Crippen LogP contribution in [-0.2, 0) is 15.9 Å². The lowest BCUT2D eigenvalue weighted by molar-refractivity contribution is -0.122. The van der Waals surface area contributed by atoms with Crippen LogP contribution in [0.15, 0.2) is 115 Å². The van der Waals surface area contributed by atoms with Crippen LogP contribution >= 0.6 is 7.29 Å². The van der Waals surface area contributed by atoms with Gasteiger partial charge in [0.25, 0.3) is 0 Å². The van der Waals surface area contributed by atoms with Gasteiger partial charge in [-0.1, -0.05) is 78.9 Å². The number of H-pyrrole nitrogens is 1. The molecule has 1 aliphatic rings. The maximum absolute atomic E-state index is 14.8. The highest BCUT2D eigenvalue weighted by molar-refractivity contribution is 7.76. The number of rotatable bonds is 9. The number of hydrogen-bond acceptors (Lipinski definition) is 3. The standard InChI is InChI=1S/C31H29N4O2P/c36-31(32-21-29-33-27-18-10-11-19-28(27)34-29)26-20-25(26)30(22-12-4-1-5-13-22)35-38(37,23-14-6-2-7-15-23)24-16-8-3-9-17-24/h1-19,25-26,30H,20-21H2,(H,32,36)(H,33,34)(H,35,37)/t25-,26+,30-/m1/s1. The van der Waals surface area contributed by atoms with Crippen molar-refractivity contribution in [3.8, 4) is 0 Å². The normalized spacial score (nSPS) is 17.7. The molecule has 0 unspecified atom stereocenters. The Balaban J connectivity index is 1.24. The van der Waals surface area contributed by atoms with Gasteiger partial charge in [-0.2, -0.15) is 0 Å². The number of amides is 1. The fraction of sp³-hybridized carbons (Fsp3) is 0.161. The van der Waals surface area contributed by atoms with E-state index >= 15 is 0 Å².